The molecule has 0 spiro atoms. The van der Waals surface area contributed by atoms with Crippen LogP contribution >= 0.6 is 23.2 Å². The summed E-state index contributed by atoms with van der Waals surface area (Å²) >= 11 is 11.9. The molecule has 1 aromatic rings. The lowest BCUT2D eigenvalue weighted by molar-refractivity contribution is -0.138. The molecule has 0 saturated carbocycles. The van der Waals surface area contributed by atoms with Crippen LogP contribution in [0.25, 0.3) is 0 Å². The first kappa shape index (κ1) is 24.9. The molecule has 2 heterocycles. The minimum absolute atomic E-state index is 0.0248. The molecule has 0 aromatic heterocycles. The maximum Gasteiger partial charge on any atom is 0.389 e. The summed E-state index contributed by atoms with van der Waals surface area (Å²) in [4.78, 5) is 30.6. The SMILES string of the molecule is O=C(Nc1ccc(Cl)c(Cl)c1)N1CCN(C(=O)[C@H]2CN(CCCC(F)(F)F)CCN2)CC1. The average Bonchev–Trinajstić information content (AvgIpc) is 2.75. The van der Waals surface area contributed by atoms with E-state index < -0.39 is 18.6 Å². The van der Waals surface area contributed by atoms with Gasteiger partial charge < -0.3 is 20.4 Å². The van der Waals surface area contributed by atoms with Crippen LogP contribution in [-0.2, 0) is 4.79 Å². The third-order valence-electron chi connectivity index (χ3n) is 5.54. The number of hydrogen-bond donors (Lipinski definition) is 2. The maximum absolute atomic E-state index is 12.9. The molecule has 0 aliphatic carbocycles. The number of halogens is 5. The number of rotatable bonds is 5. The van der Waals surface area contributed by atoms with Gasteiger partial charge in [-0.05, 0) is 31.2 Å². The number of anilines is 1. The van der Waals surface area contributed by atoms with Gasteiger partial charge in [0.05, 0.1) is 16.1 Å². The summed E-state index contributed by atoms with van der Waals surface area (Å²) in [6.07, 6.45) is -4.95. The summed E-state index contributed by atoms with van der Waals surface area (Å²) in [5.41, 5.74) is 0.528. The fourth-order valence-corrected chi connectivity index (χ4v) is 4.11. The van der Waals surface area contributed by atoms with Gasteiger partial charge in [0.1, 0.15) is 0 Å². The van der Waals surface area contributed by atoms with Crippen molar-refractivity contribution in [2.45, 2.75) is 25.1 Å². The highest BCUT2D eigenvalue weighted by Crippen LogP contribution is 2.25. The van der Waals surface area contributed by atoms with Gasteiger partial charge in [-0.1, -0.05) is 23.2 Å². The number of carbonyl (C=O) groups excluding carboxylic acids is 2. The molecule has 0 radical (unpaired) electrons. The van der Waals surface area contributed by atoms with Crippen LogP contribution in [0.5, 0.6) is 0 Å². The second kappa shape index (κ2) is 10.9. The van der Waals surface area contributed by atoms with E-state index in [0.717, 1.165) is 0 Å². The molecular weight excluding hydrogens is 470 g/mol. The van der Waals surface area contributed by atoms with Crippen LogP contribution in [0.2, 0.25) is 10.0 Å². The van der Waals surface area contributed by atoms with E-state index >= 15 is 0 Å². The fourth-order valence-electron chi connectivity index (χ4n) is 3.81. The number of carbonyl (C=O) groups is 2. The number of nitrogens with one attached hydrogen (secondary N) is 2. The van der Waals surface area contributed by atoms with E-state index in [1.54, 1.807) is 28.0 Å². The number of benzene rings is 1. The summed E-state index contributed by atoms with van der Waals surface area (Å²) < 4.78 is 37.1. The highest BCUT2D eigenvalue weighted by molar-refractivity contribution is 6.42. The summed E-state index contributed by atoms with van der Waals surface area (Å²) in [5.74, 6) is -0.0879. The van der Waals surface area contributed by atoms with Crippen molar-refractivity contribution in [3.8, 4) is 0 Å². The van der Waals surface area contributed by atoms with Gasteiger partial charge in [-0.15, -0.1) is 0 Å². The monoisotopic (exact) mass is 495 g/mol. The predicted molar refractivity (Wildman–Crippen MR) is 117 cm³/mol. The molecule has 2 N–H and O–H groups in total. The largest absolute Gasteiger partial charge is 0.389 e. The van der Waals surface area contributed by atoms with Gasteiger partial charge in [-0.3, -0.25) is 9.69 Å². The smallest absolute Gasteiger partial charge is 0.338 e. The topological polar surface area (TPSA) is 67.9 Å². The Morgan fingerprint density at radius 3 is 2.41 bits per heavy atom. The molecule has 32 heavy (non-hydrogen) atoms. The first-order valence-corrected chi connectivity index (χ1v) is 11.2. The second-order valence-electron chi connectivity index (χ2n) is 7.90. The minimum Gasteiger partial charge on any atom is -0.338 e. The molecule has 1 atom stereocenters. The molecule has 0 bridgehead atoms. The van der Waals surface area contributed by atoms with Crippen LogP contribution in [-0.4, -0.2) is 91.2 Å². The Labute approximate surface area is 194 Å². The lowest BCUT2D eigenvalue weighted by Crippen LogP contribution is -2.61. The van der Waals surface area contributed by atoms with Crippen molar-refractivity contribution in [1.29, 1.82) is 0 Å². The minimum atomic E-state index is -4.16. The Balaban J connectivity index is 1.44. The van der Waals surface area contributed by atoms with Crippen LogP contribution in [0, 0.1) is 0 Å². The van der Waals surface area contributed by atoms with E-state index in [4.69, 9.17) is 23.2 Å². The van der Waals surface area contributed by atoms with E-state index in [9.17, 15) is 22.8 Å². The Hall–Kier alpha value is -1.75. The highest BCUT2D eigenvalue weighted by atomic mass is 35.5. The molecule has 3 rings (SSSR count). The Morgan fingerprint density at radius 1 is 1.06 bits per heavy atom. The lowest BCUT2D eigenvalue weighted by atomic mass is 10.1. The molecule has 12 heteroatoms. The first-order valence-electron chi connectivity index (χ1n) is 10.4. The van der Waals surface area contributed by atoms with Gasteiger partial charge >= 0.3 is 12.2 Å². The van der Waals surface area contributed by atoms with Crippen molar-refractivity contribution in [1.82, 2.24) is 20.0 Å². The zero-order chi connectivity index (χ0) is 23.3. The van der Waals surface area contributed by atoms with Crippen LogP contribution in [0.15, 0.2) is 18.2 Å². The van der Waals surface area contributed by atoms with Crippen molar-refractivity contribution in [2.75, 3.05) is 57.7 Å². The van der Waals surface area contributed by atoms with Crippen LogP contribution < -0.4 is 10.6 Å². The molecule has 2 aliphatic rings. The molecule has 3 amide bonds. The van der Waals surface area contributed by atoms with Gasteiger partial charge in [0.2, 0.25) is 5.91 Å². The van der Waals surface area contributed by atoms with Crippen LogP contribution in [0.1, 0.15) is 12.8 Å². The van der Waals surface area contributed by atoms with E-state index in [1.807, 2.05) is 4.90 Å². The number of urea groups is 1. The average molecular weight is 496 g/mol. The first-order chi connectivity index (χ1) is 15.1. The van der Waals surface area contributed by atoms with E-state index in [0.29, 0.717) is 68.1 Å². The molecular formula is C20H26Cl2F3N5O2. The summed E-state index contributed by atoms with van der Waals surface area (Å²) in [7, 11) is 0. The van der Waals surface area contributed by atoms with Crippen molar-refractivity contribution in [3.05, 3.63) is 28.2 Å². The highest BCUT2D eigenvalue weighted by Gasteiger charge is 2.32. The lowest BCUT2D eigenvalue weighted by Gasteiger charge is -2.39. The molecule has 2 fully saturated rings. The quantitative estimate of drug-likeness (QED) is 0.657. The normalized spacial score (nSPS) is 20.3. The van der Waals surface area contributed by atoms with Gasteiger partial charge in [0.15, 0.2) is 0 Å². The third kappa shape index (κ3) is 7.13. The van der Waals surface area contributed by atoms with Gasteiger partial charge in [0, 0.05) is 57.9 Å². The van der Waals surface area contributed by atoms with Gasteiger partial charge in [-0.2, -0.15) is 13.2 Å². The van der Waals surface area contributed by atoms with Crippen molar-refractivity contribution < 1.29 is 22.8 Å². The van der Waals surface area contributed by atoms with Crippen LogP contribution in [0.3, 0.4) is 0 Å². The van der Waals surface area contributed by atoms with Crippen LogP contribution in [0.4, 0.5) is 23.7 Å². The maximum atomic E-state index is 12.9. The number of hydrogen-bond acceptors (Lipinski definition) is 4. The van der Waals surface area contributed by atoms with E-state index in [1.165, 1.54) is 0 Å². The fraction of sp³-hybridized carbons (Fsp3) is 0.600. The van der Waals surface area contributed by atoms with Crippen molar-refractivity contribution in [2.24, 2.45) is 0 Å². The second-order valence-corrected chi connectivity index (χ2v) is 8.71. The summed E-state index contributed by atoms with van der Waals surface area (Å²) in [6, 6.07) is 4.07. The number of nitrogens with zero attached hydrogens (tertiary/aromatic N) is 3. The molecule has 2 aliphatic heterocycles. The van der Waals surface area contributed by atoms with Crippen molar-refractivity contribution >= 4 is 40.8 Å². The predicted octanol–water partition coefficient (Wildman–Crippen LogP) is 3.29. The molecule has 0 unspecified atom stereocenters. The third-order valence-corrected chi connectivity index (χ3v) is 6.28. The van der Waals surface area contributed by atoms with Gasteiger partial charge in [-0.25, -0.2) is 4.79 Å². The number of piperazine rings is 2. The zero-order valence-corrected chi connectivity index (χ0v) is 18.9. The Morgan fingerprint density at radius 2 is 1.75 bits per heavy atom. The van der Waals surface area contributed by atoms with E-state index in [-0.39, 0.29) is 18.4 Å². The number of amides is 3. The molecule has 7 nitrogen and oxygen atoms in total. The number of alkyl halides is 3. The van der Waals surface area contributed by atoms with Gasteiger partial charge in [0.25, 0.3) is 0 Å². The summed E-state index contributed by atoms with van der Waals surface area (Å²) in [6.45, 7) is 3.39. The van der Waals surface area contributed by atoms with Crippen molar-refractivity contribution in [3.63, 3.8) is 0 Å². The Bertz CT molecular complexity index is 819. The zero-order valence-electron chi connectivity index (χ0n) is 17.4. The molecule has 1 aromatic carbocycles. The molecule has 178 valence electrons. The summed E-state index contributed by atoms with van der Waals surface area (Å²) in [5, 5.41) is 6.66. The standard InChI is InChI=1S/C20H26Cl2F3N5O2/c21-15-3-2-14(12-16(15)22)27-19(32)30-10-8-29(9-11-30)18(31)17-13-28(7-5-26-17)6-1-4-20(23,24)25/h2-3,12,17,26H,1,4-11,13H2,(H,27,32)/t17-/m1/s1. The Kier molecular flexibility index (Phi) is 8.49. The molecule has 2 saturated heterocycles. The van der Waals surface area contributed by atoms with E-state index in [2.05, 4.69) is 10.6 Å².